The van der Waals surface area contributed by atoms with Crippen molar-refractivity contribution in [3.63, 3.8) is 0 Å². The third-order valence-electron chi connectivity index (χ3n) is 3.77. The molecule has 3 rings (SSSR count). The van der Waals surface area contributed by atoms with Gasteiger partial charge in [0.25, 0.3) is 5.69 Å². The van der Waals surface area contributed by atoms with Crippen LogP contribution in [0.2, 0.25) is 0 Å². The van der Waals surface area contributed by atoms with Crippen LogP contribution in [0.1, 0.15) is 5.69 Å². The Morgan fingerprint density at radius 2 is 1.89 bits per heavy atom. The number of hydrogen-bond donors (Lipinski definition) is 1. The normalized spacial score (nSPS) is 11.4. The molecule has 0 atom stereocenters. The van der Waals surface area contributed by atoms with Crippen LogP contribution in [0.15, 0.2) is 63.4 Å². The molecule has 0 unspecified atom stereocenters. The van der Waals surface area contributed by atoms with Gasteiger partial charge in [-0.15, -0.1) is 11.3 Å². The number of nitro groups is 1. The lowest BCUT2D eigenvalue weighted by Crippen LogP contribution is -2.19. The van der Waals surface area contributed by atoms with E-state index in [0.717, 1.165) is 20.7 Å². The molecule has 138 valence electrons. The van der Waals surface area contributed by atoms with Crippen LogP contribution >= 0.6 is 27.3 Å². The maximum Gasteiger partial charge on any atom is 0.269 e. The summed E-state index contributed by atoms with van der Waals surface area (Å²) in [6, 6.07) is 13.4. The summed E-state index contributed by atoms with van der Waals surface area (Å²) in [4.78, 5) is 27.8. The number of benzene rings is 2. The van der Waals surface area contributed by atoms with Gasteiger partial charge < -0.3 is 9.88 Å². The van der Waals surface area contributed by atoms with Gasteiger partial charge in [0.1, 0.15) is 0 Å². The first-order valence-electron chi connectivity index (χ1n) is 7.90. The molecular formula is C18H15BrN4O3S. The van der Waals surface area contributed by atoms with Crippen LogP contribution in [0.25, 0.3) is 0 Å². The van der Waals surface area contributed by atoms with Gasteiger partial charge in [-0.05, 0) is 36.4 Å². The minimum Gasteiger partial charge on any atom is -0.326 e. The Morgan fingerprint density at radius 3 is 2.52 bits per heavy atom. The maximum absolute atomic E-state index is 12.3. The molecule has 0 aliphatic carbocycles. The summed E-state index contributed by atoms with van der Waals surface area (Å²) in [6.45, 7) is 0. The third-order valence-corrected chi connectivity index (χ3v) is 5.27. The molecule has 0 saturated carbocycles. The average Bonchev–Trinajstić information content (AvgIpc) is 2.97. The zero-order valence-corrected chi connectivity index (χ0v) is 16.7. The molecule has 9 heteroatoms. The standard InChI is InChI=1S/C18H15BrN4O3S/c1-22-16(11-27-18(22)21-14-4-2-12(19)3-5-14)10-17(24)20-13-6-8-15(9-7-13)23(25)26/h2-9,11H,10H2,1H3,(H,20,24). The first-order chi connectivity index (χ1) is 12.9. The molecule has 0 fully saturated rings. The number of carbonyl (C=O) groups excluding carboxylic acids is 1. The molecule has 0 aliphatic heterocycles. The summed E-state index contributed by atoms with van der Waals surface area (Å²) in [5.41, 5.74) is 2.16. The van der Waals surface area contributed by atoms with Crippen molar-refractivity contribution in [2.24, 2.45) is 12.0 Å². The fourth-order valence-corrected chi connectivity index (χ4v) is 3.51. The molecular weight excluding hydrogens is 432 g/mol. The minimum atomic E-state index is -0.479. The Morgan fingerprint density at radius 1 is 1.22 bits per heavy atom. The highest BCUT2D eigenvalue weighted by Crippen LogP contribution is 2.17. The number of aromatic nitrogens is 1. The lowest BCUT2D eigenvalue weighted by atomic mass is 10.2. The van der Waals surface area contributed by atoms with Gasteiger partial charge in [-0.3, -0.25) is 14.9 Å². The van der Waals surface area contributed by atoms with Crippen LogP contribution in [-0.2, 0) is 18.3 Å². The number of carbonyl (C=O) groups is 1. The van der Waals surface area contributed by atoms with Crippen LogP contribution in [0.5, 0.6) is 0 Å². The van der Waals surface area contributed by atoms with Gasteiger partial charge in [0.05, 0.1) is 17.0 Å². The van der Waals surface area contributed by atoms with Gasteiger partial charge in [0.2, 0.25) is 5.91 Å². The highest BCUT2D eigenvalue weighted by molar-refractivity contribution is 9.10. The molecule has 1 heterocycles. The molecule has 0 spiro atoms. The molecule has 1 N–H and O–H groups in total. The molecule has 1 aromatic heterocycles. The van der Waals surface area contributed by atoms with Crippen LogP contribution in [0, 0.1) is 10.1 Å². The van der Waals surface area contributed by atoms with Crippen molar-refractivity contribution in [1.29, 1.82) is 0 Å². The number of non-ortho nitro benzene ring substituents is 1. The molecule has 0 saturated heterocycles. The largest absolute Gasteiger partial charge is 0.326 e. The Balaban J connectivity index is 1.70. The van der Waals surface area contributed by atoms with E-state index in [4.69, 9.17) is 0 Å². The fraction of sp³-hybridized carbons (Fsp3) is 0.111. The zero-order chi connectivity index (χ0) is 19.4. The predicted octanol–water partition coefficient (Wildman–Crippen LogP) is 4.17. The summed E-state index contributed by atoms with van der Waals surface area (Å²) in [5, 5.41) is 15.3. The molecule has 7 nitrogen and oxygen atoms in total. The molecule has 0 radical (unpaired) electrons. The number of halogens is 1. The van der Waals surface area contributed by atoms with E-state index in [1.54, 1.807) is 0 Å². The van der Waals surface area contributed by atoms with Crippen molar-refractivity contribution in [2.75, 3.05) is 5.32 Å². The minimum absolute atomic E-state index is 0.0172. The van der Waals surface area contributed by atoms with E-state index in [1.807, 2.05) is 41.3 Å². The Hall–Kier alpha value is -2.78. The van der Waals surface area contributed by atoms with Gasteiger partial charge in [0.15, 0.2) is 4.80 Å². The first-order valence-corrected chi connectivity index (χ1v) is 9.57. The molecule has 0 aliphatic rings. The second-order valence-corrected chi connectivity index (χ2v) is 7.44. The summed E-state index contributed by atoms with van der Waals surface area (Å²) < 4.78 is 2.86. The Kier molecular flexibility index (Phi) is 5.82. The quantitative estimate of drug-likeness (QED) is 0.470. The Bertz CT molecular complexity index is 1040. The third kappa shape index (κ3) is 4.89. The van der Waals surface area contributed by atoms with Crippen LogP contribution in [0.3, 0.4) is 0 Å². The van der Waals surface area contributed by atoms with Crippen molar-refractivity contribution < 1.29 is 9.72 Å². The lowest BCUT2D eigenvalue weighted by molar-refractivity contribution is -0.384. The average molecular weight is 447 g/mol. The number of anilines is 1. The van der Waals surface area contributed by atoms with Gasteiger partial charge in [-0.1, -0.05) is 15.9 Å². The van der Waals surface area contributed by atoms with E-state index in [0.29, 0.717) is 5.69 Å². The van der Waals surface area contributed by atoms with E-state index in [2.05, 4.69) is 26.2 Å². The monoisotopic (exact) mass is 446 g/mol. The van der Waals surface area contributed by atoms with Crippen LogP contribution in [0.4, 0.5) is 17.1 Å². The molecule has 3 aromatic rings. The summed E-state index contributed by atoms with van der Waals surface area (Å²) in [7, 11) is 1.86. The topological polar surface area (TPSA) is 89.5 Å². The van der Waals surface area contributed by atoms with Gasteiger partial charge in [-0.25, -0.2) is 4.99 Å². The highest BCUT2D eigenvalue weighted by Gasteiger charge is 2.10. The summed E-state index contributed by atoms with van der Waals surface area (Å²) in [6.07, 6.45) is 0.180. The number of amides is 1. The summed E-state index contributed by atoms with van der Waals surface area (Å²) >= 11 is 4.85. The van der Waals surface area contributed by atoms with E-state index in [9.17, 15) is 14.9 Å². The van der Waals surface area contributed by atoms with Crippen molar-refractivity contribution in [3.8, 4) is 0 Å². The lowest BCUT2D eigenvalue weighted by Gasteiger charge is -2.06. The Labute approximate surface area is 167 Å². The van der Waals surface area contributed by atoms with Gasteiger partial charge >= 0.3 is 0 Å². The highest BCUT2D eigenvalue weighted by atomic mass is 79.9. The second-order valence-electron chi connectivity index (χ2n) is 5.69. The van der Waals surface area contributed by atoms with Crippen molar-refractivity contribution in [3.05, 3.63) is 79.0 Å². The smallest absolute Gasteiger partial charge is 0.269 e. The van der Waals surface area contributed by atoms with E-state index in [-0.39, 0.29) is 18.0 Å². The maximum atomic E-state index is 12.3. The summed E-state index contributed by atoms with van der Waals surface area (Å²) in [5.74, 6) is -0.201. The second kappa shape index (κ2) is 8.28. The number of thiazole rings is 1. The SMILES string of the molecule is Cn1c(CC(=O)Nc2ccc([N+](=O)[O-])cc2)csc1=Nc1ccc(Br)cc1. The van der Waals surface area contributed by atoms with E-state index in [1.165, 1.54) is 35.6 Å². The number of nitro benzene ring substituents is 1. The number of hydrogen-bond acceptors (Lipinski definition) is 5. The zero-order valence-electron chi connectivity index (χ0n) is 14.3. The van der Waals surface area contributed by atoms with Crippen molar-refractivity contribution in [1.82, 2.24) is 4.57 Å². The van der Waals surface area contributed by atoms with Crippen LogP contribution in [-0.4, -0.2) is 15.4 Å². The first kappa shape index (κ1) is 19.0. The molecule has 1 amide bonds. The fourth-order valence-electron chi connectivity index (χ4n) is 2.33. The number of rotatable bonds is 5. The van der Waals surface area contributed by atoms with Gasteiger partial charge in [0, 0.05) is 40.4 Å². The van der Waals surface area contributed by atoms with E-state index >= 15 is 0 Å². The van der Waals surface area contributed by atoms with E-state index < -0.39 is 4.92 Å². The van der Waals surface area contributed by atoms with Crippen molar-refractivity contribution >= 4 is 50.2 Å². The van der Waals surface area contributed by atoms with Gasteiger partial charge in [-0.2, -0.15) is 0 Å². The number of nitrogens with one attached hydrogen (secondary N) is 1. The molecule has 2 aromatic carbocycles. The molecule has 0 bridgehead atoms. The molecule has 27 heavy (non-hydrogen) atoms. The van der Waals surface area contributed by atoms with Crippen LogP contribution < -0.4 is 10.1 Å². The number of nitrogens with zero attached hydrogens (tertiary/aromatic N) is 3. The van der Waals surface area contributed by atoms with Crippen molar-refractivity contribution in [2.45, 2.75) is 6.42 Å². The predicted molar refractivity (Wildman–Crippen MR) is 108 cm³/mol.